The molecule has 0 aliphatic heterocycles. The van der Waals surface area contributed by atoms with E-state index in [1.165, 1.54) is 0 Å². The van der Waals surface area contributed by atoms with Crippen LogP contribution in [0.4, 0.5) is 0 Å². The van der Waals surface area contributed by atoms with Crippen molar-refractivity contribution in [3.05, 3.63) is 12.2 Å². The summed E-state index contributed by atoms with van der Waals surface area (Å²) in [5.74, 6) is 0.607. The predicted octanol–water partition coefficient (Wildman–Crippen LogP) is 2.52. The normalized spacial score (nSPS) is 14.1. The molecule has 0 fully saturated rings. The SMILES string of the molecule is C=C(C)C(S)C(C)C. The molecule has 0 aromatic carbocycles. The molecule has 1 heteroatoms. The summed E-state index contributed by atoms with van der Waals surface area (Å²) in [6.45, 7) is 10.1. The molecule has 0 aromatic rings. The summed E-state index contributed by atoms with van der Waals surface area (Å²) >= 11 is 4.32. The first-order valence-corrected chi connectivity index (χ1v) is 3.40. The second kappa shape index (κ2) is 3.18. The molecular formula is C7H14S. The van der Waals surface area contributed by atoms with Gasteiger partial charge < -0.3 is 0 Å². The van der Waals surface area contributed by atoms with E-state index >= 15 is 0 Å². The lowest BCUT2D eigenvalue weighted by Crippen LogP contribution is -2.07. The van der Waals surface area contributed by atoms with Crippen LogP contribution in [0, 0.1) is 5.92 Å². The zero-order chi connectivity index (χ0) is 6.73. The van der Waals surface area contributed by atoms with Crippen LogP contribution in [0.25, 0.3) is 0 Å². The van der Waals surface area contributed by atoms with E-state index in [0.717, 1.165) is 5.57 Å². The van der Waals surface area contributed by atoms with E-state index in [2.05, 4.69) is 33.1 Å². The molecule has 0 aliphatic carbocycles. The van der Waals surface area contributed by atoms with Crippen molar-refractivity contribution < 1.29 is 0 Å². The molecule has 0 radical (unpaired) electrons. The second-order valence-corrected chi connectivity index (χ2v) is 3.09. The van der Waals surface area contributed by atoms with Crippen LogP contribution in [-0.4, -0.2) is 5.25 Å². The van der Waals surface area contributed by atoms with Crippen molar-refractivity contribution in [1.82, 2.24) is 0 Å². The van der Waals surface area contributed by atoms with Crippen molar-refractivity contribution in [2.45, 2.75) is 26.0 Å². The largest absolute Gasteiger partial charge is 0.171 e. The molecule has 0 saturated heterocycles. The van der Waals surface area contributed by atoms with Gasteiger partial charge in [-0.25, -0.2) is 0 Å². The van der Waals surface area contributed by atoms with Gasteiger partial charge in [-0.15, -0.1) is 0 Å². The monoisotopic (exact) mass is 130 g/mol. The zero-order valence-electron chi connectivity index (χ0n) is 5.81. The standard InChI is InChI=1S/C7H14S/c1-5(2)7(8)6(3)4/h6-8H,1H2,2-4H3. The first-order chi connectivity index (χ1) is 3.55. The van der Waals surface area contributed by atoms with Gasteiger partial charge in [0, 0.05) is 5.25 Å². The van der Waals surface area contributed by atoms with E-state index in [0.29, 0.717) is 11.2 Å². The summed E-state index contributed by atoms with van der Waals surface area (Å²) in [6.07, 6.45) is 0. The second-order valence-electron chi connectivity index (χ2n) is 2.54. The van der Waals surface area contributed by atoms with E-state index in [9.17, 15) is 0 Å². The summed E-state index contributed by atoms with van der Waals surface area (Å²) in [4.78, 5) is 0. The van der Waals surface area contributed by atoms with E-state index in [-0.39, 0.29) is 0 Å². The Bertz CT molecular complexity index is 84.4. The average molecular weight is 130 g/mol. The summed E-state index contributed by atoms with van der Waals surface area (Å²) in [6, 6.07) is 0. The lowest BCUT2D eigenvalue weighted by Gasteiger charge is -2.13. The topological polar surface area (TPSA) is 0 Å². The summed E-state index contributed by atoms with van der Waals surface area (Å²) in [7, 11) is 0. The van der Waals surface area contributed by atoms with Crippen molar-refractivity contribution in [3.63, 3.8) is 0 Å². The smallest absolute Gasteiger partial charge is 0.0243 e. The van der Waals surface area contributed by atoms with Crippen LogP contribution < -0.4 is 0 Å². The minimum absolute atomic E-state index is 0.370. The molecule has 1 unspecified atom stereocenters. The molecule has 1 atom stereocenters. The fraction of sp³-hybridized carbons (Fsp3) is 0.714. The van der Waals surface area contributed by atoms with Crippen molar-refractivity contribution in [2.75, 3.05) is 0 Å². The molecule has 0 heterocycles. The Balaban J connectivity index is 3.64. The molecule has 0 amide bonds. The highest BCUT2D eigenvalue weighted by molar-refractivity contribution is 7.81. The van der Waals surface area contributed by atoms with Gasteiger partial charge >= 0.3 is 0 Å². The van der Waals surface area contributed by atoms with Gasteiger partial charge in [0.15, 0.2) is 0 Å². The Hall–Kier alpha value is 0.0900. The molecule has 0 rings (SSSR count). The van der Waals surface area contributed by atoms with Gasteiger partial charge in [-0.1, -0.05) is 26.0 Å². The minimum atomic E-state index is 0.370. The van der Waals surface area contributed by atoms with Crippen LogP contribution in [0.15, 0.2) is 12.2 Å². The Morgan fingerprint density at radius 1 is 1.50 bits per heavy atom. The first kappa shape index (κ1) is 8.09. The lowest BCUT2D eigenvalue weighted by molar-refractivity contribution is 0.662. The highest BCUT2D eigenvalue weighted by Gasteiger charge is 2.06. The van der Waals surface area contributed by atoms with Crippen molar-refractivity contribution in [2.24, 2.45) is 5.92 Å². The van der Waals surface area contributed by atoms with Gasteiger partial charge in [0.1, 0.15) is 0 Å². The number of thiol groups is 1. The number of hydrogen-bond donors (Lipinski definition) is 1. The van der Waals surface area contributed by atoms with Gasteiger partial charge in [-0.05, 0) is 12.8 Å². The van der Waals surface area contributed by atoms with Crippen molar-refractivity contribution in [3.8, 4) is 0 Å². The number of rotatable bonds is 2. The van der Waals surface area contributed by atoms with E-state index in [1.54, 1.807) is 0 Å². The third-order valence-electron chi connectivity index (χ3n) is 1.14. The summed E-state index contributed by atoms with van der Waals surface area (Å²) in [5, 5.41) is 0.370. The Morgan fingerprint density at radius 2 is 1.88 bits per heavy atom. The van der Waals surface area contributed by atoms with Crippen LogP contribution in [0.2, 0.25) is 0 Å². The van der Waals surface area contributed by atoms with Crippen molar-refractivity contribution >= 4 is 12.6 Å². The molecule has 0 bridgehead atoms. The molecule has 0 spiro atoms. The van der Waals surface area contributed by atoms with E-state index in [4.69, 9.17) is 0 Å². The molecular weight excluding hydrogens is 116 g/mol. The third-order valence-corrected chi connectivity index (χ3v) is 2.17. The molecule has 0 aliphatic rings. The van der Waals surface area contributed by atoms with Gasteiger partial charge in [0.2, 0.25) is 0 Å². The van der Waals surface area contributed by atoms with Gasteiger partial charge in [-0.3, -0.25) is 0 Å². The predicted molar refractivity (Wildman–Crippen MR) is 42.4 cm³/mol. The van der Waals surface area contributed by atoms with Gasteiger partial charge in [0.25, 0.3) is 0 Å². The van der Waals surface area contributed by atoms with Crippen LogP contribution in [-0.2, 0) is 0 Å². The average Bonchev–Trinajstić information content (AvgIpc) is 1.64. The van der Waals surface area contributed by atoms with Crippen LogP contribution in [0.1, 0.15) is 20.8 Å². The highest BCUT2D eigenvalue weighted by atomic mass is 32.1. The Morgan fingerprint density at radius 3 is 1.88 bits per heavy atom. The van der Waals surface area contributed by atoms with Gasteiger partial charge in [-0.2, -0.15) is 12.6 Å². The minimum Gasteiger partial charge on any atom is -0.171 e. The summed E-state index contributed by atoms with van der Waals surface area (Å²) < 4.78 is 0. The van der Waals surface area contributed by atoms with Crippen molar-refractivity contribution in [1.29, 1.82) is 0 Å². The Labute approximate surface area is 57.4 Å². The van der Waals surface area contributed by atoms with E-state index < -0.39 is 0 Å². The first-order valence-electron chi connectivity index (χ1n) is 2.89. The maximum absolute atomic E-state index is 4.32. The van der Waals surface area contributed by atoms with Crippen LogP contribution in [0.3, 0.4) is 0 Å². The van der Waals surface area contributed by atoms with Gasteiger partial charge in [0.05, 0.1) is 0 Å². The number of hydrogen-bond acceptors (Lipinski definition) is 1. The summed E-state index contributed by atoms with van der Waals surface area (Å²) in [5.41, 5.74) is 1.16. The molecule has 0 nitrogen and oxygen atoms in total. The highest BCUT2D eigenvalue weighted by Crippen LogP contribution is 2.15. The molecule has 48 valence electrons. The zero-order valence-corrected chi connectivity index (χ0v) is 6.70. The fourth-order valence-corrected chi connectivity index (χ4v) is 0.569. The molecule has 0 saturated carbocycles. The fourth-order valence-electron chi connectivity index (χ4n) is 0.569. The van der Waals surface area contributed by atoms with Crippen LogP contribution >= 0.6 is 12.6 Å². The lowest BCUT2D eigenvalue weighted by atomic mass is 10.1. The molecule has 8 heavy (non-hydrogen) atoms. The Kier molecular flexibility index (Phi) is 3.22. The van der Waals surface area contributed by atoms with Crippen LogP contribution in [0.5, 0.6) is 0 Å². The van der Waals surface area contributed by atoms with E-state index in [1.807, 2.05) is 6.92 Å². The quantitative estimate of drug-likeness (QED) is 0.431. The maximum atomic E-state index is 4.32. The molecule has 0 aromatic heterocycles. The molecule has 0 N–H and O–H groups in total. The third kappa shape index (κ3) is 2.41. The maximum Gasteiger partial charge on any atom is 0.0243 e.